The van der Waals surface area contributed by atoms with Crippen LogP contribution < -0.4 is 4.74 Å². The van der Waals surface area contributed by atoms with Gasteiger partial charge >= 0.3 is 5.97 Å². The number of nitrogens with zero attached hydrogens (tertiary/aromatic N) is 6. The maximum Gasteiger partial charge on any atom is 0.346 e. The molecule has 0 fully saturated rings. The normalized spacial score (nSPS) is 10.7. The fourth-order valence-corrected chi connectivity index (χ4v) is 2.66. The third-order valence-corrected chi connectivity index (χ3v) is 4.19. The second kappa shape index (κ2) is 7.38. The molecule has 0 bridgehead atoms. The summed E-state index contributed by atoms with van der Waals surface area (Å²) in [5.41, 5.74) is 2.03. The topological polar surface area (TPSA) is 87.7 Å². The Morgan fingerprint density at radius 1 is 1.11 bits per heavy atom. The van der Waals surface area contributed by atoms with Gasteiger partial charge in [-0.3, -0.25) is 4.68 Å². The van der Waals surface area contributed by atoms with Gasteiger partial charge in [-0.2, -0.15) is 5.10 Å². The Labute approximate surface area is 159 Å². The van der Waals surface area contributed by atoms with E-state index >= 15 is 0 Å². The summed E-state index contributed by atoms with van der Waals surface area (Å²) >= 11 is 6.15. The van der Waals surface area contributed by atoms with Crippen LogP contribution in [0, 0.1) is 0 Å². The van der Waals surface area contributed by atoms with Crippen LogP contribution >= 0.6 is 11.6 Å². The molecule has 0 saturated heterocycles. The molecule has 0 saturated carbocycles. The average Bonchev–Trinajstić information content (AvgIpc) is 3.36. The Kier molecular flexibility index (Phi) is 4.63. The number of tetrazole rings is 1. The summed E-state index contributed by atoms with van der Waals surface area (Å²) in [7, 11) is 0. The van der Waals surface area contributed by atoms with Crippen molar-refractivity contribution in [1.82, 2.24) is 30.0 Å². The quantitative estimate of drug-likeness (QED) is 0.391. The second-order valence-electron chi connectivity index (χ2n) is 5.66. The van der Waals surface area contributed by atoms with E-state index in [0.29, 0.717) is 22.9 Å². The second-order valence-corrected chi connectivity index (χ2v) is 6.06. The summed E-state index contributed by atoms with van der Waals surface area (Å²) in [5.74, 6) is -0.0775. The standard InChI is InChI=1S/C18H13ClN6O2/c19-17-4-2-1-3-13(17)10-24-11-14(9-21-24)18(26)27-16-7-5-15(6-8-16)25-12-20-22-23-25/h1-9,11-12H,10H2. The third kappa shape index (κ3) is 3.85. The highest BCUT2D eigenvalue weighted by Gasteiger charge is 2.12. The van der Waals surface area contributed by atoms with E-state index in [9.17, 15) is 4.79 Å². The summed E-state index contributed by atoms with van der Waals surface area (Å²) in [6.07, 6.45) is 4.57. The summed E-state index contributed by atoms with van der Waals surface area (Å²) in [5, 5.41) is 15.8. The van der Waals surface area contributed by atoms with Gasteiger partial charge in [0, 0.05) is 11.2 Å². The molecule has 27 heavy (non-hydrogen) atoms. The highest BCUT2D eigenvalue weighted by atomic mass is 35.5. The number of carbonyl (C=O) groups is 1. The Hall–Kier alpha value is -3.52. The van der Waals surface area contributed by atoms with E-state index in [2.05, 4.69) is 20.6 Å². The Morgan fingerprint density at radius 3 is 2.67 bits per heavy atom. The fourth-order valence-electron chi connectivity index (χ4n) is 2.47. The average molecular weight is 381 g/mol. The van der Waals surface area contributed by atoms with E-state index in [1.54, 1.807) is 35.1 Å². The summed E-state index contributed by atoms with van der Waals surface area (Å²) in [6, 6.07) is 14.3. The molecule has 0 N–H and O–H groups in total. The van der Waals surface area contributed by atoms with Crippen LogP contribution in [-0.2, 0) is 6.54 Å². The molecule has 4 rings (SSSR count). The molecule has 0 aliphatic carbocycles. The lowest BCUT2D eigenvalue weighted by Gasteiger charge is -2.05. The Balaban J connectivity index is 1.43. The van der Waals surface area contributed by atoms with Crippen LogP contribution in [0.1, 0.15) is 15.9 Å². The SMILES string of the molecule is O=C(Oc1ccc(-n2cnnn2)cc1)c1cnn(Cc2ccccc2Cl)c1. The summed E-state index contributed by atoms with van der Waals surface area (Å²) in [6.45, 7) is 0.466. The smallest absolute Gasteiger partial charge is 0.346 e. The molecule has 0 unspecified atom stereocenters. The number of aromatic nitrogens is 6. The van der Waals surface area contributed by atoms with Gasteiger partial charge in [-0.25, -0.2) is 9.48 Å². The molecule has 0 aliphatic heterocycles. The first-order chi connectivity index (χ1) is 13.2. The summed E-state index contributed by atoms with van der Waals surface area (Å²) in [4.78, 5) is 12.3. The van der Waals surface area contributed by atoms with Crippen LogP contribution in [0.3, 0.4) is 0 Å². The van der Waals surface area contributed by atoms with Crippen molar-refractivity contribution in [3.05, 3.63) is 83.4 Å². The van der Waals surface area contributed by atoms with Gasteiger partial charge in [0.25, 0.3) is 0 Å². The van der Waals surface area contributed by atoms with Crippen molar-refractivity contribution in [1.29, 1.82) is 0 Å². The molecule has 2 aromatic heterocycles. The van der Waals surface area contributed by atoms with Crippen LogP contribution in [0.25, 0.3) is 5.69 Å². The number of benzene rings is 2. The zero-order valence-electron chi connectivity index (χ0n) is 13.9. The first kappa shape index (κ1) is 16.9. The molecule has 0 aliphatic rings. The monoisotopic (exact) mass is 380 g/mol. The van der Waals surface area contributed by atoms with Gasteiger partial charge in [-0.15, -0.1) is 5.10 Å². The largest absolute Gasteiger partial charge is 0.423 e. The number of rotatable bonds is 5. The lowest BCUT2D eigenvalue weighted by atomic mass is 10.2. The van der Waals surface area contributed by atoms with Gasteiger partial charge in [0.15, 0.2) is 0 Å². The molecule has 0 atom stereocenters. The molecular formula is C18H13ClN6O2. The number of halogens is 1. The van der Waals surface area contributed by atoms with Gasteiger partial charge in [0.05, 0.1) is 24.0 Å². The van der Waals surface area contributed by atoms with Crippen LogP contribution in [0.5, 0.6) is 5.75 Å². The number of ether oxygens (including phenoxy) is 1. The predicted molar refractivity (Wildman–Crippen MR) is 96.9 cm³/mol. The van der Waals surface area contributed by atoms with Crippen LogP contribution in [0.4, 0.5) is 0 Å². The molecular weight excluding hydrogens is 368 g/mol. The minimum atomic E-state index is -0.490. The lowest BCUT2D eigenvalue weighted by Crippen LogP contribution is -2.08. The number of hydrogen-bond acceptors (Lipinski definition) is 6. The van der Waals surface area contributed by atoms with Crippen molar-refractivity contribution in [3.8, 4) is 11.4 Å². The Morgan fingerprint density at radius 2 is 1.93 bits per heavy atom. The minimum absolute atomic E-state index is 0.353. The number of carbonyl (C=O) groups excluding carboxylic acids is 1. The molecule has 2 aromatic carbocycles. The van der Waals surface area contributed by atoms with E-state index < -0.39 is 5.97 Å². The highest BCUT2D eigenvalue weighted by Crippen LogP contribution is 2.18. The maximum atomic E-state index is 12.3. The predicted octanol–water partition coefficient (Wildman–Crippen LogP) is 2.78. The van der Waals surface area contributed by atoms with E-state index in [4.69, 9.17) is 16.3 Å². The fraction of sp³-hybridized carbons (Fsp3) is 0.0556. The number of esters is 1. The molecule has 4 aromatic rings. The van der Waals surface area contributed by atoms with Crippen molar-refractivity contribution >= 4 is 17.6 Å². The number of hydrogen-bond donors (Lipinski definition) is 0. The molecule has 0 amide bonds. The zero-order valence-corrected chi connectivity index (χ0v) is 14.7. The van der Waals surface area contributed by atoms with Crippen LogP contribution in [0.15, 0.2) is 67.3 Å². The molecule has 2 heterocycles. The lowest BCUT2D eigenvalue weighted by molar-refractivity contribution is 0.0734. The van der Waals surface area contributed by atoms with Gasteiger partial charge in [0.2, 0.25) is 0 Å². The Bertz CT molecular complexity index is 1060. The minimum Gasteiger partial charge on any atom is -0.423 e. The van der Waals surface area contributed by atoms with Crippen molar-refractivity contribution < 1.29 is 9.53 Å². The van der Waals surface area contributed by atoms with Crippen molar-refractivity contribution in [2.45, 2.75) is 6.54 Å². The van der Waals surface area contributed by atoms with Crippen LogP contribution in [-0.4, -0.2) is 36.0 Å². The van der Waals surface area contributed by atoms with E-state index in [-0.39, 0.29) is 0 Å². The molecule has 0 spiro atoms. The van der Waals surface area contributed by atoms with Crippen LogP contribution in [0.2, 0.25) is 5.02 Å². The molecule has 8 nitrogen and oxygen atoms in total. The van der Waals surface area contributed by atoms with E-state index in [0.717, 1.165) is 11.3 Å². The van der Waals surface area contributed by atoms with Crippen molar-refractivity contribution in [3.63, 3.8) is 0 Å². The third-order valence-electron chi connectivity index (χ3n) is 3.82. The van der Waals surface area contributed by atoms with E-state index in [1.165, 1.54) is 17.2 Å². The van der Waals surface area contributed by atoms with Gasteiger partial charge in [0.1, 0.15) is 12.1 Å². The first-order valence-electron chi connectivity index (χ1n) is 8.00. The molecule has 9 heteroatoms. The van der Waals surface area contributed by atoms with Gasteiger partial charge < -0.3 is 4.74 Å². The first-order valence-corrected chi connectivity index (χ1v) is 8.38. The zero-order chi connectivity index (χ0) is 18.6. The molecule has 134 valence electrons. The van der Waals surface area contributed by atoms with Gasteiger partial charge in [-0.1, -0.05) is 29.8 Å². The van der Waals surface area contributed by atoms with E-state index in [1.807, 2.05) is 24.3 Å². The molecule has 0 radical (unpaired) electrons. The van der Waals surface area contributed by atoms with Gasteiger partial charge in [-0.05, 0) is 46.3 Å². The maximum absolute atomic E-state index is 12.3. The highest BCUT2D eigenvalue weighted by molar-refractivity contribution is 6.31. The summed E-state index contributed by atoms with van der Waals surface area (Å²) < 4.78 is 8.52. The van der Waals surface area contributed by atoms with Crippen molar-refractivity contribution in [2.24, 2.45) is 0 Å². The van der Waals surface area contributed by atoms with Crippen molar-refractivity contribution in [2.75, 3.05) is 0 Å².